The summed E-state index contributed by atoms with van der Waals surface area (Å²) < 4.78 is 43.2. The predicted octanol–water partition coefficient (Wildman–Crippen LogP) is 5.50. The average molecular weight is 590 g/mol. The molecular weight excluding hydrogens is 555 g/mol. The number of alkyl halides is 3. The van der Waals surface area contributed by atoms with Crippen LogP contribution in [0, 0.1) is 5.41 Å². The molecule has 3 aromatic rings. The highest BCUT2D eigenvalue weighted by atomic mass is 19.4. The maximum atomic E-state index is 14.4. The van der Waals surface area contributed by atoms with Gasteiger partial charge in [0.05, 0.1) is 12.1 Å². The lowest BCUT2D eigenvalue weighted by Crippen LogP contribution is -2.26. The summed E-state index contributed by atoms with van der Waals surface area (Å²) >= 11 is 0. The Kier molecular flexibility index (Phi) is 6.61. The minimum atomic E-state index is -4.58. The summed E-state index contributed by atoms with van der Waals surface area (Å²) in [6, 6.07) is 14.4. The molecule has 224 valence electrons. The molecule has 1 aliphatic carbocycles. The van der Waals surface area contributed by atoms with E-state index in [9.17, 15) is 18.0 Å². The maximum Gasteiger partial charge on any atom is 0.416 e. The first-order chi connectivity index (χ1) is 20.6. The van der Waals surface area contributed by atoms with E-state index in [4.69, 9.17) is 0 Å². The number of nitrogens with one attached hydrogen (secondary N) is 2. The number of hydrazone groups is 1. The third kappa shape index (κ3) is 5.09. The molecule has 1 saturated carbocycles. The summed E-state index contributed by atoms with van der Waals surface area (Å²) in [7, 11) is 1.94. The SMILES string of the molecule is CCNc1cc(-c2ccccc2C2=NNCN2C)cc(N2Cc3c(cc(CN4CCC5(CC5)C4)cc3C(F)(F)F)C2=O)n1. The van der Waals surface area contributed by atoms with Crippen LogP contribution < -0.4 is 15.6 Å². The van der Waals surface area contributed by atoms with E-state index in [0.29, 0.717) is 42.4 Å². The molecule has 4 heterocycles. The Hall–Kier alpha value is -4.12. The predicted molar refractivity (Wildman–Crippen MR) is 160 cm³/mol. The molecule has 0 radical (unpaired) electrons. The lowest BCUT2D eigenvalue weighted by atomic mass is 9.98. The second kappa shape index (κ2) is 10.3. The Morgan fingerprint density at radius 2 is 1.84 bits per heavy atom. The topological polar surface area (TPSA) is 76.1 Å². The molecule has 2 aromatic carbocycles. The van der Waals surface area contributed by atoms with Crippen molar-refractivity contribution in [2.24, 2.45) is 10.5 Å². The standard InChI is InChI=1S/C32H34F3N7O/c1-3-36-27-14-21(22-6-4-5-7-23(22)29-39-37-19-40(29)2)15-28(38-27)42-17-25-24(30(42)43)12-20(13-26(25)32(33,34)35)16-41-11-10-31(18-41)8-9-31/h4-7,12-15,37H,3,8-11,16-19H2,1-2H3,(H,36,38). The molecule has 7 rings (SSSR count). The van der Waals surface area contributed by atoms with Gasteiger partial charge in [-0.15, -0.1) is 0 Å². The zero-order valence-corrected chi connectivity index (χ0v) is 24.3. The first-order valence-electron chi connectivity index (χ1n) is 14.8. The summed E-state index contributed by atoms with van der Waals surface area (Å²) in [5, 5.41) is 7.67. The van der Waals surface area contributed by atoms with Crippen molar-refractivity contribution in [3.05, 3.63) is 76.3 Å². The van der Waals surface area contributed by atoms with Crippen LogP contribution in [-0.4, -0.2) is 59.9 Å². The normalized spacial score (nSPS) is 19.2. The molecule has 1 aromatic heterocycles. The van der Waals surface area contributed by atoms with Crippen LogP contribution >= 0.6 is 0 Å². The second-order valence-corrected chi connectivity index (χ2v) is 12.1. The molecule has 8 nitrogen and oxygen atoms in total. The van der Waals surface area contributed by atoms with Crippen LogP contribution in [0.1, 0.15) is 58.8 Å². The van der Waals surface area contributed by atoms with Crippen molar-refractivity contribution in [3.63, 3.8) is 0 Å². The molecule has 43 heavy (non-hydrogen) atoms. The second-order valence-electron chi connectivity index (χ2n) is 12.1. The van der Waals surface area contributed by atoms with E-state index in [1.54, 1.807) is 12.1 Å². The van der Waals surface area contributed by atoms with E-state index >= 15 is 0 Å². The summed E-state index contributed by atoms with van der Waals surface area (Å²) in [6.07, 6.45) is -1.09. The van der Waals surface area contributed by atoms with Gasteiger partial charge in [-0.25, -0.2) is 4.98 Å². The Labute approximate surface area is 248 Å². The van der Waals surface area contributed by atoms with E-state index in [-0.39, 0.29) is 17.7 Å². The third-order valence-corrected chi connectivity index (χ3v) is 9.07. The minimum absolute atomic E-state index is 0.00643. The van der Waals surface area contributed by atoms with Gasteiger partial charge in [-0.1, -0.05) is 24.3 Å². The number of hydrogen-bond acceptors (Lipinski definition) is 7. The fourth-order valence-corrected chi connectivity index (χ4v) is 6.66. The smallest absolute Gasteiger partial charge is 0.370 e. The van der Waals surface area contributed by atoms with E-state index in [1.807, 2.05) is 49.2 Å². The first-order valence-corrected chi connectivity index (χ1v) is 14.8. The number of aromatic nitrogens is 1. The first kappa shape index (κ1) is 27.7. The van der Waals surface area contributed by atoms with Crippen LogP contribution in [-0.2, 0) is 19.3 Å². The zero-order valence-electron chi connectivity index (χ0n) is 24.3. The minimum Gasteiger partial charge on any atom is -0.370 e. The number of rotatable bonds is 7. The molecule has 1 spiro atoms. The van der Waals surface area contributed by atoms with Crippen LogP contribution in [0.4, 0.5) is 24.8 Å². The number of amidine groups is 1. The molecule has 4 aliphatic rings. The van der Waals surface area contributed by atoms with Gasteiger partial charge < -0.3 is 10.2 Å². The highest BCUT2D eigenvalue weighted by Gasteiger charge is 2.47. The van der Waals surface area contributed by atoms with Crippen LogP contribution in [0.5, 0.6) is 0 Å². The van der Waals surface area contributed by atoms with Crippen molar-refractivity contribution in [2.75, 3.05) is 43.6 Å². The number of carbonyl (C=O) groups excluding carboxylic acids is 1. The largest absolute Gasteiger partial charge is 0.416 e. The monoisotopic (exact) mass is 589 g/mol. The van der Waals surface area contributed by atoms with Gasteiger partial charge in [-0.2, -0.15) is 18.3 Å². The van der Waals surface area contributed by atoms with Crippen molar-refractivity contribution in [2.45, 2.75) is 45.5 Å². The number of fused-ring (bicyclic) bond motifs is 1. The molecule has 2 fully saturated rings. The van der Waals surface area contributed by atoms with E-state index in [1.165, 1.54) is 23.8 Å². The summed E-state index contributed by atoms with van der Waals surface area (Å²) in [5.74, 6) is 1.14. The van der Waals surface area contributed by atoms with Crippen LogP contribution in [0.15, 0.2) is 53.6 Å². The van der Waals surface area contributed by atoms with E-state index in [2.05, 4.69) is 25.7 Å². The number of likely N-dealkylation sites (tertiary alicyclic amines) is 1. The number of hydrogen-bond donors (Lipinski definition) is 2. The Bertz CT molecular complexity index is 1630. The van der Waals surface area contributed by atoms with Gasteiger partial charge in [0.25, 0.3) is 5.91 Å². The lowest BCUT2D eigenvalue weighted by Gasteiger charge is -2.20. The van der Waals surface area contributed by atoms with Gasteiger partial charge in [0, 0.05) is 37.8 Å². The van der Waals surface area contributed by atoms with Crippen LogP contribution in [0.2, 0.25) is 0 Å². The van der Waals surface area contributed by atoms with E-state index < -0.39 is 17.6 Å². The molecule has 0 atom stereocenters. The van der Waals surface area contributed by atoms with Crippen LogP contribution in [0.25, 0.3) is 11.1 Å². The number of benzene rings is 2. The highest BCUT2D eigenvalue weighted by Crippen LogP contribution is 2.53. The van der Waals surface area contributed by atoms with Gasteiger partial charge in [0.15, 0.2) is 5.84 Å². The number of halogens is 3. The number of pyridine rings is 1. The fourth-order valence-electron chi connectivity index (χ4n) is 6.66. The Morgan fingerprint density at radius 1 is 1.05 bits per heavy atom. The molecule has 0 bridgehead atoms. The Morgan fingerprint density at radius 3 is 2.51 bits per heavy atom. The lowest BCUT2D eigenvalue weighted by molar-refractivity contribution is -0.138. The molecule has 3 aliphatic heterocycles. The van der Waals surface area contributed by atoms with Crippen molar-refractivity contribution in [1.82, 2.24) is 20.2 Å². The van der Waals surface area contributed by atoms with Crippen molar-refractivity contribution < 1.29 is 18.0 Å². The Balaban J connectivity index is 1.26. The summed E-state index contributed by atoms with van der Waals surface area (Å²) in [4.78, 5) is 24.1. The van der Waals surface area contributed by atoms with E-state index in [0.717, 1.165) is 42.0 Å². The van der Waals surface area contributed by atoms with Crippen molar-refractivity contribution in [1.29, 1.82) is 0 Å². The fraction of sp³-hybridized carbons (Fsp3) is 0.406. The molecule has 11 heteroatoms. The average Bonchev–Trinajstić information content (AvgIpc) is 3.24. The quantitative estimate of drug-likeness (QED) is 0.379. The maximum absolute atomic E-state index is 14.4. The number of nitrogens with zero attached hydrogens (tertiary/aromatic N) is 5. The molecule has 2 N–H and O–H groups in total. The molecule has 1 amide bonds. The zero-order chi connectivity index (χ0) is 29.9. The third-order valence-electron chi connectivity index (χ3n) is 9.07. The highest BCUT2D eigenvalue weighted by molar-refractivity contribution is 6.10. The molecule has 1 saturated heterocycles. The van der Waals surface area contributed by atoms with Gasteiger partial charge in [0.2, 0.25) is 0 Å². The number of amides is 1. The van der Waals surface area contributed by atoms with Gasteiger partial charge in [-0.05, 0) is 84.7 Å². The van der Waals surface area contributed by atoms with Gasteiger partial charge >= 0.3 is 6.18 Å². The number of carbonyl (C=O) groups is 1. The van der Waals surface area contributed by atoms with Gasteiger partial charge in [0.1, 0.15) is 18.3 Å². The summed E-state index contributed by atoms with van der Waals surface area (Å²) in [5.41, 5.74) is 5.82. The summed E-state index contributed by atoms with van der Waals surface area (Å²) in [6.45, 7) is 5.11. The number of anilines is 2. The van der Waals surface area contributed by atoms with Crippen molar-refractivity contribution >= 4 is 23.4 Å². The van der Waals surface area contributed by atoms with Crippen LogP contribution in [0.3, 0.4) is 0 Å². The molecular formula is C32H34F3N7O. The van der Waals surface area contributed by atoms with Crippen molar-refractivity contribution in [3.8, 4) is 11.1 Å². The molecule has 0 unspecified atom stereocenters. The van der Waals surface area contributed by atoms with Gasteiger partial charge in [-0.3, -0.25) is 20.0 Å².